The third kappa shape index (κ3) is 7.97. The maximum Gasteiger partial charge on any atom is 0.344 e. The van der Waals surface area contributed by atoms with Crippen LogP contribution < -0.4 is 15.4 Å². The van der Waals surface area contributed by atoms with E-state index in [4.69, 9.17) is 9.72 Å². The number of ether oxygens (including phenoxy) is 1. The molecule has 1 aromatic heterocycles. The standard InChI is InChI=1S/C31H42N4O4/c1-4-5-11-29-34-26-17-14-24(33-31(38)32-23-9-7-6-8-10-23)19-27(26)35(29)20-22-12-15-25(16-13-22)39-28(30(36)37)18-21(2)3/h12-17,19,21,23,28H,4-11,18,20H2,1-3H3,(H,36,37)(H2,32,33,38). The monoisotopic (exact) mass is 534 g/mol. The highest BCUT2D eigenvalue weighted by Gasteiger charge is 2.21. The number of hydrogen-bond donors (Lipinski definition) is 3. The Bertz CT molecular complexity index is 1250. The second-order valence-corrected chi connectivity index (χ2v) is 11.1. The Labute approximate surface area is 231 Å². The molecule has 0 bridgehead atoms. The number of rotatable bonds is 12. The van der Waals surface area contributed by atoms with Crippen molar-refractivity contribution in [2.24, 2.45) is 5.92 Å². The normalized spacial score (nSPS) is 14.9. The van der Waals surface area contributed by atoms with Gasteiger partial charge in [0.25, 0.3) is 0 Å². The average molecular weight is 535 g/mol. The van der Waals surface area contributed by atoms with Crippen molar-refractivity contribution < 1.29 is 19.4 Å². The van der Waals surface area contributed by atoms with Gasteiger partial charge in [-0.25, -0.2) is 14.6 Å². The van der Waals surface area contributed by atoms with Crippen LogP contribution in [-0.4, -0.2) is 38.8 Å². The molecule has 1 aliphatic rings. The molecular weight excluding hydrogens is 492 g/mol. The van der Waals surface area contributed by atoms with Gasteiger partial charge in [-0.2, -0.15) is 0 Å². The number of carbonyl (C=O) groups excluding carboxylic acids is 1. The Morgan fingerprint density at radius 1 is 1.10 bits per heavy atom. The summed E-state index contributed by atoms with van der Waals surface area (Å²) in [6.07, 6.45) is 8.23. The minimum atomic E-state index is -0.949. The van der Waals surface area contributed by atoms with Gasteiger partial charge in [-0.15, -0.1) is 0 Å². The molecule has 1 fully saturated rings. The highest BCUT2D eigenvalue weighted by Crippen LogP contribution is 2.25. The number of imidazole rings is 1. The quantitative estimate of drug-likeness (QED) is 0.238. The van der Waals surface area contributed by atoms with Gasteiger partial charge in [-0.1, -0.05) is 58.6 Å². The number of aromatic nitrogens is 2. The topological polar surface area (TPSA) is 105 Å². The number of amides is 2. The number of anilines is 1. The Hall–Kier alpha value is -3.55. The van der Waals surface area contributed by atoms with Gasteiger partial charge in [-0.05, 0) is 67.5 Å². The van der Waals surface area contributed by atoms with Crippen LogP contribution in [0.3, 0.4) is 0 Å². The largest absolute Gasteiger partial charge is 0.479 e. The molecule has 0 saturated heterocycles. The maximum atomic E-state index is 12.7. The van der Waals surface area contributed by atoms with Crippen LogP contribution in [0.2, 0.25) is 0 Å². The number of aryl methyl sites for hydroxylation is 1. The van der Waals surface area contributed by atoms with Gasteiger partial charge in [-0.3, -0.25) is 0 Å². The van der Waals surface area contributed by atoms with E-state index in [1.165, 1.54) is 19.3 Å². The number of carbonyl (C=O) groups is 2. The summed E-state index contributed by atoms with van der Waals surface area (Å²) in [5, 5.41) is 15.6. The van der Waals surface area contributed by atoms with Gasteiger partial charge >= 0.3 is 12.0 Å². The summed E-state index contributed by atoms with van der Waals surface area (Å²) in [5.41, 5.74) is 3.67. The van der Waals surface area contributed by atoms with Crippen LogP contribution in [0.5, 0.6) is 5.75 Å². The predicted octanol–water partition coefficient (Wildman–Crippen LogP) is 6.76. The molecule has 3 N–H and O–H groups in total. The number of carboxylic acid groups (broad SMARTS) is 1. The molecule has 2 aromatic carbocycles. The summed E-state index contributed by atoms with van der Waals surface area (Å²) in [6.45, 7) is 6.75. The zero-order valence-electron chi connectivity index (χ0n) is 23.4. The fraction of sp³-hybridized carbons (Fsp3) is 0.516. The zero-order chi connectivity index (χ0) is 27.8. The van der Waals surface area contributed by atoms with Crippen molar-refractivity contribution in [3.63, 3.8) is 0 Å². The summed E-state index contributed by atoms with van der Waals surface area (Å²) in [6, 6.07) is 13.6. The molecule has 0 spiro atoms. The molecule has 39 heavy (non-hydrogen) atoms. The van der Waals surface area contributed by atoms with Crippen molar-refractivity contribution in [1.29, 1.82) is 0 Å². The number of nitrogens with one attached hydrogen (secondary N) is 2. The van der Waals surface area contributed by atoms with Crippen molar-refractivity contribution in [2.45, 2.75) is 97.2 Å². The molecule has 0 radical (unpaired) electrons. The van der Waals surface area contributed by atoms with E-state index in [0.29, 0.717) is 18.7 Å². The van der Waals surface area contributed by atoms with Gasteiger partial charge in [0.2, 0.25) is 0 Å². The zero-order valence-corrected chi connectivity index (χ0v) is 23.4. The lowest BCUT2D eigenvalue weighted by molar-refractivity contribution is -0.145. The lowest BCUT2D eigenvalue weighted by Crippen LogP contribution is -2.39. The number of fused-ring (bicyclic) bond motifs is 1. The van der Waals surface area contributed by atoms with Crippen LogP contribution in [0.1, 0.15) is 83.5 Å². The van der Waals surface area contributed by atoms with Crippen LogP contribution in [0.15, 0.2) is 42.5 Å². The number of nitrogens with zero attached hydrogens (tertiary/aromatic N) is 2. The van der Waals surface area contributed by atoms with Gasteiger partial charge in [0.1, 0.15) is 11.6 Å². The van der Waals surface area contributed by atoms with Crippen LogP contribution in [0.25, 0.3) is 11.0 Å². The SMILES string of the molecule is CCCCc1nc2ccc(NC(=O)NC3CCCCC3)cc2n1Cc1ccc(OC(CC(C)C)C(=O)O)cc1. The highest BCUT2D eigenvalue weighted by molar-refractivity contribution is 5.92. The molecule has 2 amide bonds. The molecule has 4 rings (SSSR count). The molecular formula is C31H42N4O4. The summed E-state index contributed by atoms with van der Waals surface area (Å²) in [7, 11) is 0. The maximum absolute atomic E-state index is 12.7. The molecule has 1 saturated carbocycles. The number of carboxylic acids is 1. The van der Waals surface area contributed by atoms with Crippen molar-refractivity contribution in [1.82, 2.24) is 14.9 Å². The number of unbranched alkanes of at least 4 members (excludes halogenated alkanes) is 1. The lowest BCUT2D eigenvalue weighted by Gasteiger charge is -2.22. The molecule has 8 heteroatoms. The van der Waals surface area contributed by atoms with E-state index in [1.807, 2.05) is 56.3 Å². The number of aliphatic carboxylic acids is 1. The second-order valence-electron chi connectivity index (χ2n) is 11.1. The van der Waals surface area contributed by atoms with Gasteiger partial charge < -0.3 is 25.0 Å². The first-order valence-electron chi connectivity index (χ1n) is 14.4. The molecule has 8 nitrogen and oxygen atoms in total. The fourth-order valence-corrected chi connectivity index (χ4v) is 5.20. The minimum absolute atomic E-state index is 0.161. The van der Waals surface area contributed by atoms with Crippen LogP contribution in [0, 0.1) is 5.92 Å². The van der Waals surface area contributed by atoms with E-state index in [-0.39, 0.29) is 18.0 Å². The predicted molar refractivity (Wildman–Crippen MR) is 154 cm³/mol. The third-order valence-corrected chi connectivity index (χ3v) is 7.28. The molecule has 1 heterocycles. The van der Waals surface area contributed by atoms with Crippen molar-refractivity contribution >= 4 is 28.7 Å². The Kier molecular flexibility index (Phi) is 9.85. The summed E-state index contributed by atoms with van der Waals surface area (Å²) in [5.74, 6) is 0.831. The molecule has 1 aliphatic carbocycles. The Morgan fingerprint density at radius 3 is 2.51 bits per heavy atom. The van der Waals surface area contributed by atoms with Crippen LogP contribution >= 0.6 is 0 Å². The highest BCUT2D eigenvalue weighted by atomic mass is 16.5. The van der Waals surface area contributed by atoms with E-state index in [2.05, 4.69) is 22.1 Å². The van der Waals surface area contributed by atoms with Crippen molar-refractivity contribution in [3.05, 3.63) is 53.9 Å². The lowest BCUT2D eigenvalue weighted by atomic mass is 9.96. The van der Waals surface area contributed by atoms with E-state index in [9.17, 15) is 14.7 Å². The van der Waals surface area contributed by atoms with Crippen LogP contribution in [0.4, 0.5) is 10.5 Å². The van der Waals surface area contributed by atoms with E-state index < -0.39 is 12.1 Å². The van der Waals surface area contributed by atoms with Gasteiger partial charge in [0.05, 0.1) is 11.0 Å². The molecule has 1 unspecified atom stereocenters. The van der Waals surface area contributed by atoms with Gasteiger partial charge in [0, 0.05) is 24.7 Å². The van der Waals surface area contributed by atoms with Gasteiger partial charge in [0.15, 0.2) is 6.10 Å². The summed E-state index contributed by atoms with van der Waals surface area (Å²) < 4.78 is 7.98. The molecule has 0 aliphatic heterocycles. The fourth-order valence-electron chi connectivity index (χ4n) is 5.20. The third-order valence-electron chi connectivity index (χ3n) is 7.28. The Balaban J connectivity index is 1.52. The Morgan fingerprint density at radius 2 is 1.85 bits per heavy atom. The van der Waals surface area contributed by atoms with E-state index >= 15 is 0 Å². The number of urea groups is 1. The van der Waals surface area contributed by atoms with Crippen LogP contribution in [-0.2, 0) is 17.8 Å². The first-order valence-corrected chi connectivity index (χ1v) is 14.4. The minimum Gasteiger partial charge on any atom is -0.479 e. The van der Waals surface area contributed by atoms with Crippen molar-refractivity contribution in [3.8, 4) is 5.75 Å². The second kappa shape index (κ2) is 13.5. The molecule has 210 valence electrons. The molecule has 3 aromatic rings. The first kappa shape index (κ1) is 28.5. The number of hydrogen-bond acceptors (Lipinski definition) is 4. The van der Waals surface area contributed by atoms with E-state index in [1.54, 1.807) is 0 Å². The number of benzene rings is 2. The average Bonchev–Trinajstić information content (AvgIpc) is 3.24. The summed E-state index contributed by atoms with van der Waals surface area (Å²) >= 11 is 0. The first-order chi connectivity index (χ1) is 18.8. The summed E-state index contributed by atoms with van der Waals surface area (Å²) in [4.78, 5) is 29.2. The van der Waals surface area contributed by atoms with Crippen molar-refractivity contribution in [2.75, 3.05) is 5.32 Å². The van der Waals surface area contributed by atoms with E-state index in [0.717, 1.165) is 60.2 Å². The molecule has 1 atom stereocenters. The smallest absolute Gasteiger partial charge is 0.344 e.